The summed E-state index contributed by atoms with van der Waals surface area (Å²) in [6, 6.07) is 13.0. The van der Waals surface area contributed by atoms with Crippen molar-refractivity contribution in [2.24, 2.45) is 0 Å². The molecule has 1 aromatic heterocycles. The molecule has 6 heteroatoms. The van der Waals surface area contributed by atoms with Crippen molar-refractivity contribution in [3.8, 4) is 6.07 Å². The number of nitriles is 1. The Morgan fingerprint density at radius 3 is 2.79 bits per heavy atom. The Kier molecular flexibility index (Phi) is 4.00. The largest absolute Gasteiger partial charge is 0.361 e. The fourth-order valence-corrected chi connectivity index (χ4v) is 2.42. The van der Waals surface area contributed by atoms with Crippen molar-refractivity contribution < 1.29 is 9.59 Å². The Balaban J connectivity index is 1.70. The van der Waals surface area contributed by atoms with E-state index in [0.29, 0.717) is 16.8 Å². The molecule has 24 heavy (non-hydrogen) atoms. The molecule has 3 N–H and O–H groups in total. The summed E-state index contributed by atoms with van der Waals surface area (Å²) in [7, 11) is 0. The zero-order valence-corrected chi connectivity index (χ0v) is 12.9. The zero-order valence-electron chi connectivity index (χ0n) is 12.9. The number of urea groups is 1. The lowest BCUT2D eigenvalue weighted by molar-refractivity contribution is 0.0967. The van der Waals surface area contributed by atoms with Crippen molar-refractivity contribution in [1.29, 1.82) is 5.26 Å². The maximum Gasteiger partial charge on any atom is 0.326 e. The van der Waals surface area contributed by atoms with Gasteiger partial charge in [-0.3, -0.25) is 10.1 Å². The average Bonchev–Trinajstić information content (AvgIpc) is 2.95. The van der Waals surface area contributed by atoms with Gasteiger partial charge in [-0.2, -0.15) is 5.26 Å². The number of anilines is 1. The number of aromatic nitrogens is 1. The first-order valence-electron chi connectivity index (χ1n) is 7.27. The summed E-state index contributed by atoms with van der Waals surface area (Å²) in [6.45, 7) is 1.97. The van der Waals surface area contributed by atoms with Crippen LogP contribution in [0.3, 0.4) is 0 Å². The summed E-state index contributed by atoms with van der Waals surface area (Å²) in [5.74, 6) is -0.502. The third-order valence-electron chi connectivity index (χ3n) is 3.63. The van der Waals surface area contributed by atoms with Crippen molar-refractivity contribution in [3.05, 3.63) is 65.4 Å². The topological polar surface area (TPSA) is 97.8 Å². The van der Waals surface area contributed by atoms with Gasteiger partial charge in [0.05, 0.1) is 11.6 Å². The molecule has 0 atom stereocenters. The molecule has 2 aromatic carbocycles. The van der Waals surface area contributed by atoms with Gasteiger partial charge in [-0.15, -0.1) is 0 Å². The molecule has 0 spiro atoms. The number of aryl methyl sites for hydroxylation is 1. The number of hydrogen-bond donors (Lipinski definition) is 3. The number of fused-ring (bicyclic) bond motifs is 1. The van der Waals surface area contributed by atoms with E-state index in [1.165, 1.54) is 6.07 Å². The van der Waals surface area contributed by atoms with E-state index in [2.05, 4.69) is 15.6 Å². The van der Waals surface area contributed by atoms with Crippen LogP contribution in [0.1, 0.15) is 21.5 Å². The maximum absolute atomic E-state index is 12.2. The van der Waals surface area contributed by atoms with Gasteiger partial charge in [-0.05, 0) is 42.8 Å². The van der Waals surface area contributed by atoms with Gasteiger partial charge >= 0.3 is 6.03 Å². The molecule has 118 valence electrons. The summed E-state index contributed by atoms with van der Waals surface area (Å²) in [5, 5.41) is 14.7. The van der Waals surface area contributed by atoms with Gasteiger partial charge in [0.15, 0.2) is 0 Å². The molecule has 3 amide bonds. The Bertz CT molecular complexity index is 982. The number of nitrogens with zero attached hydrogens (tertiary/aromatic N) is 1. The van der Waals surface area contributed by atoms with Crippen LogP contribution >= 0.6 is 0 Å². The smallest absolute Gasteiger partial charge is 0.326 e. The second kappa shape index (κ2) is 6.26. The van der Waals surface area contributed by atoms with Crippen LogP contribution < -0.4 is 10.6 Å². The Hall–Kier alpha value is -3.59. The number of amides is 3. The van der Waals surface area contributed by atoms with Crippen molar-refractivity contribution in [1.82, 2.24) is 10.3 Å². The van der Waals surface area contributed by atoms with E-state index in [-0.39, 0.29) is 0 Å². The van der Waals surface area contributed by atoms with Crippen LogP contribution in [0.4, 0.5) is 10.5 Å². The molecule has 3 rings (SSSR count). The average molecular weight is 318 g/mol. The Morgan fingerprint density at radius 2 is 2.00 bits per heavy atom. The molecular weight excluding hydrogens is 304 g/mol. The molecule has 0 saturated heterocycles. The van der Waals surface area contributed by atoms with Crippen LogP contribution in [0.5, 0.6) is 0 Å². The molecule has 0 bridgehead atoms. The SMILES string of the molecule is Cc1c[nH]c2cc(C(=O)NC(=O)Nc3cccc(C#N)c3)ccc12. The van der Waals surface area contributed by atoms with Gasteiger partial charge in [0.1, 0.15) is 0 Å². The quantitative estimate of drug-likeness (QED) is 0.676. The Morgan fingerprint density at radius 1 is 1.17 bits per heavy atom. The summed E-state index contributed by atoms with van der Waals surface area (Å²) in [6.07, 6.45) is 1.86. The fourth-order valence-electron chi connectivity index (χ4n) is 2.42. The van der Waals surface area contributed by atoms with E-state index in [4.69, 9.17) is 5.26 Å². The van der Waals surface area contributed by atoms with Crippen LogP contribution in [0.15, 0.2) is 48.7 Å². The van der Waals surface area contributed by atoms with Crippen LogP contribution in [0, 0.1) is 18.3 Å². The molecule has 0 saturated carbocycles. The highest BCUT2D eigenvalue weighted by Gasteiger charge is 2.12. The minimum absolute atomic E-state index is 0.380. The van der Waals surface area contributed by atoms with Gasteiger partial charge in [-0.1, -0.05) is 12.1 Å². The predicted molar refractivity (Wildman–Crippen MR) is 90.7 cm³/mol. The first-order valence-corrected chi connectivity index (χ1v) is 7.27. The summed E-state index contributed by atoms with van der Waals surface area (Å²) in [5.41, 5.74) is 3.17. The highest BCUT2D eigenvalue weighted by atomic mass is 16.2. The van der Waals surface area contributed by atoms with Crippen molar-refractivity contribution >= 4 is 28.5 Å². The lowest BCUT2D eigenvalue weighted by atomic mass is 10.1. The monoisotopic (exact) mass is 318 g/mol. The molecule has 0 aliphatic carbocycles. The van der Waals surface area contributed by atoms with Gasteiger partial charge in [0, 0.05) is 28.4 Å². The van der Waals surface area contributed by atoms with Crippen LogP contribution in [-0.4, -0.2) is 16.9 Å². The lowest BCUT2D eigenvalue weighted by Crippen LogP contribution is -2.34. The first-order chi connectivity index (χ1) is 11.6. The van der Waals surface area contributed by atoms with E-state index in [1.54, 1.807) is 30.3 Å². The van der Waals surface area contributed by atoms with Crippen molar-refractivity contribution in [2.45, 2.75) is 6.92 Å². The number of H-pyrrole nitrogens is 1. The summed E-state index contributed by atoms with van der Waals surface area (Å²) in [4.78, 5) is 27.2. The van der Waals surface area contributed by atoms with Crippen molar-refractivity contribution in [3.63, 3.8) is 0 Å². The van der Waals surface area contributed by atoms with Gasteiger partial charge in [0.25, 0.3) is 5.91 Å². The van der Waals surface area contributed by atoms with Crippen LogP contribution in [0.25, 0.3) is 10.9 Å². The highest BCUT2D eigenvalue weighted by Crippen LogP contribution is 2.18. The number of carbonyl (C=O) groups excluding carboxylic acids is 2. The standard InChI is InChI=1S/C18H14N4O2/c1-11-10-20-16-8-13(5-6-15(11)16)17(23)22-18(24)21-14-4-2-3-12(7-14)9-19/h2-8,10,20H,1H3,(H2,21,22,23,24). The minimum Gasteiger partial charge on any atom is -0.361 e. The van der Waals surface area contributed by atoms with Crippen molar-refractivity contribution in [2.75, 3.05) is 5.32 Å². The maximum atomic E-state index is 12.2. The number of hydrogen-bond acceptors (Lipinski definition) is 3. The lowest BCUT2D eigenvalue weighted by Gasteiger charge is -2.07. The molecule has 0 unspecified atom stereocenters. The van der Waals surface area contributed by atoms with Gasteiger partial charge in [0.2, 0.25) is 0 Å². The molecule has 6 nitrogen and oxygen atoms in total. The van der Waals surface area contributed by atoms with E-state index < -0.39 is 11.9 Å². The number of aromatic amines is 1. The second-order valence-electron chi connectivity index (χ2n) is 5.33. The first kappa shape index (κ1) is 15.3. The van der Waals surface area contributed by atoms with Gasteiger partial charge in [-0.25, -0.2) is 4.79 Å². The normalized spacial score (nSPS) is 10.2. The molecule has 3 aromatic rings. The molecule has 0 radical (unpaired) electrons. The Labute approximate surface area is 138 Å². The minimum atomic E-state index is -0.655. The van der Waals surface area contributed by atoms with Crippen LogP contribution in [0.2, 0.25) is 0 Å². The number of imide groups is 1. The second-order valence-corrected chi connectivity index (χ2v) is 5.33. The number of nitrogens with one attached hydrogen (secondary N) is 3. The van der Waals surface area contributed by atoms with E-state index in [1.807, 2.05) is 25.3 Å². The molecular formula is C18H14N4O2. The summed E-state index contributed by atoms with van der Waals surface area (Å²) >= 11 is 0. The number of benzene rings is 2. The summed E-state index contributed by atoms with van der Waals surface area (Å²) < 4.78 is 0. The molecule has 1 heterocycles. The van der Waals surface area contributed by atoms with Crippen LogP contribution in [-0.2, 0) is 0 Å². The highest BCUT2D eigenvalue weighted by molar-refractivity contribution is 6.09. The third-order valence-corrected chi connectivity index (χ3v) is 3.63. The zero-order chi connectivity index (χ0) is 17.1. The van der Waals surface area contributed by atoms with Gasteiger partial charge < -0.3 is 10.3 Å². The fraction of sp³-hybridized carbons (Fsp3) is 0.0556. The predicted octanol–water partition coefficient (Wildman–Crippen LogP) is 3.31. The number of rotatable bonds is 2. The molecule has 0 aliphatic heterocycles. The molecule has 0 fully saturated rings. The molecule has 0 aliphatic rings. The third kappa shape index (κ3) is 3.10. The van der Waals surface area contributed by atoms with E-state index >= 15 is 0 Å². The van der Waals surface area contributed by atoms with E-state index in [0.717, 1.165) is 16.5 Å². The number of carbonyl (C=O) groups is 2. The van der Waals surface area contributed by atoms with E-state index in [9.17, 15) is 9.59 Å².